The van der Waals surface area contributed by atoms with E-state index in [1.54, 1.807) is 0 Å². The standard InChI is InChI=1S/C14H20N4/c1-3-7-12-8-5-6-9-14(12)18-11-13(16-17-18)10-15-4-2/h5-6,8-9,11,15H,3-4,7,10H2,1-2H3. The van der Waals surface area contributed by atoms with Crippen molar-refractivity contribution in [3.63, 3.8) is 0 Å². The van der Waals surface area contributed by atoms with Gasteiger partial charge in [0, 0.05) is 6.54 Å². The van der Waals surface area contributed by atoms with E-state index in [2.05, 4.69) is 47.7 Å². The molecule has 4 nitrogen and oxygen atoms in total. The predicted octanol–water partition coefficient (Wildman–Crippen LogP) is 2.33. The van der Waals surface area contributed by atoms with Gasteiger partial charge in [-0.3, -0.25) is 0 Å². The summed E-state index contributed by atoms with van der Waals surface area (Å²) >= 11 is 0. The zero-order valence-electron chi connectivity index (χ0n) is 11.1. The second-order valence-corrected chi connectivity index (χ2v) is 4.31. The molecular formula is C14H20N4. The predicted molar refractivity (Wildman–Crippen MR) is 72.7 cm³/mol. The highest BCUT2D eigenvalue weighted by Crippen LogP contribution is 2.15. The van der Waals surface area contributed by atoms with Gasteiger partial charge < -0.3 is 5.32 Å². The lowest BCUT2D eigenvalue weighted by Crippen LogP contribution is -2.11. The molecule has 0 saturated heterocycles. The molecule has 0 aliphatic heterocycles. The first kappa shape index (κ1) is 12.8. The second-order valence-electron chi connectivity index (χ2n) is 4.31. The van der Waals surface area contributed by atoms with E-state index in [0.717, 1.165) is 37.3 Å². The summed E-state index contributed by atoms with van der Waals surface area (Å²) in [5.74, 6) is 0. The van der Waals surface area contributed by atoms with Crippen LogP contribution >= 0.6 is 0 Å². The number of nitrogens with one attached hydrogen (secondary N) is 1. The third-order valence-electron chi connectivity index (χ3n) is 2.85. The van der Waals surface area contributed by atoms with Gasteiger partial charge in [0.15, 0.2) is 0 Å². The van der Waals surface area contributed by atoms with Gasteiger partial charge in [-0.15, -0.1) is 5.10 Å². The molecule has 2 rings (SSSR count). The molecule has 0 atom stereocenters. The van der Waals surface area contributed by atoms with Crippen molar-refractivity contribution in [3.05, 3.63) is 41.7 Å². The number of benzene rings is 1. The smallest absolute Gasteiger partial charge is 0.0969 e. The van der Waals surface area contributed by atoms with Gasteiger partial charge in [-0.1, -0.05) is 43.7 Å². The first-order valence-electron chi connectivity index (χ1n) is 6.55. The van der Waals surface area contributed by atoms with Crippen LogP contribution in [0, 0.1) is 0 Å². The van der Waals surface area contributed by atoms with Crippen LogP contribution in [0.2, 0.25) is 0 Å². The molecule has 4 heteroatoms. The maximum Gasteiger partial charge on any atom is 0.0969 e. The van der Waals surface area contributed by atoms with Gasteiger partial charge in [0.05, 0.1) is 17.6 Å². The minimum atomic E-state index is 0.770. The number of hydrogen-bond acceptors (Lipinski definition) is 3. The number of aryl methyl sites for hydroxylation is 1. The Balaban J connectivity index is 2.22. The van der Waals surface area contributed by atoms with E-state index >= 15 is 0 Å². The van der Waals surface area contributed by atoms with E-state index in [0.29, 0.717) is 0 Å². The molecule has 1 aromatic carbocycles. The van der Waals surface area contributed by atoms with E-state index in [9.17, 15) is 0 Å². The van der Waals surface area contributed by atoms with Gasteiger partial charge in [0.1, 0.15) is 0 Å². The number of aromatic nitrogens is 3. The molecule has 0 spiro atoms. The Morgan fingerprint density at radius 1 is 1.22 bits per heavy atom. The Kier molecular flexibility index (Phi) is 4.47. The molecule has 18 heavy (non-hydrogen) atoms. The minimum absolute atomic E-state index is 0.770. The largest absolute Gasteiger partial charge is 0.311 e. The summed E-state index contributed by atoms with van der Waals surface area (Å²) in [6, 6.07) is 8.37. The summed E-state index contributed by atoms with van der Waals surface area (Å²) in [4.78, 5) is 0. The highest BCUT2D eigenvalue weighted by Gasteiger charge is 2.06. The van der Waals surface area contributed by atoms with Crippen molar-refractivity contribution in [3.8, 4) is 5.69 Å². The first-order chi connectivity index (χ1) is 8.85. The summed E-state index contributed by atoms with van der Waals surface area (Å²) in [7, 11) is 0. The molecule has 0 radical (unpaired) electrons. The van der Waals surface area contributed by atoms with Crippen molar-refractivity contribution >= 4 is 0 Å². The quantitative estimate of drug-likeness (QED) is 0.848. The maximum atomic E-state index is 4.21. The molecule has 0 fully saturated rings. The lowest BCUT2D eigenvalue weighted by Gasteiger charge is -2.07. The summed E-state index contributed by atoms with van der Waals surface area (Å²) < 4.78 is 1.87. The highest BCUT2D eigenvalue weighted by molar-refractivity contribution is 5.40. The summed E-state index contributed by atoms with van der Waals surface area (Å²) in [6.45, 7) is 5.99. The van der Waals surface area contributed by atoms with Gasteiger partial charge in [-0.25, -0.2) is 4.68 Å². The van der Waals surface area contributed by atoms with E-state index in [1.807, 2.05) is 16.9 Å². The van der Waals surface area contributed by atoms with Crippen molar-refractivity contribution in [1.82, 2.24) is 20.3 Å². The molecule has 2 aromatic rings. The Labute approximate surface area is 108 Å². The zero-order chi connectivity index (χ0) is 12.8. The van der Waals surface area contributed by atoms with Gasteiger partial charge in [0.25, 0.3) is 0 Å². The van der Waals surface area contributed by atoms with Crippen molar-refractivity contribution in [2.45, 2.75) is 33.2 Å². The summed E-state index contributed by atoms with van der Waals surface area (Å²) in [5.41, 5.74) is 3.43. The molecule has 0 aliphatic carbocycles. The van der Waals surface area contributed by atoms with E-state index in [-0.39, 0.29) is 0 Å². The van der Waals surface area contributed by atoms with Crippen LogP contribution in [0.15, 0.2) is 30.5 Å². The molecule has 1 heterocycles. The SMILES string of the molecule is CCCc1ccccc1-n1cc(CNCC)nn1. The van der Waals surface area contributed by atoms with Gasteiger partial charge in [-0.2, -0.15) is 0 Å². The Bertz CT molecular complexity index is 490. The number of para-hydroxylation sites is 1. The van der Waals surface area contributed by atoms with Gasteiger partial charge >= 0.3 is 0 Å². The van der Waals surface area contributed by atoms with Crippen LogP contribution in [0.3, 0.4) is 0 Å². The fourth-order valence-electron chi connectivity index (χ4n) is 1.97. The molecule has 1 N–H and O–H groups in total. The van der Waals surface area contributed by atoms with Crippen LogP contribution in [0.25, 0.3) is 5.69 Å². The van der Waals surface area contributed by atoms with Crippen LogP contribution in [0.5, 0.6) is 0 Å². The molecule has 0 aliphatic rings. The number of hydrogen-bond donors (Lipinski definition) is 1. The van der Waals surface area contributed by atoms with Crippen LogP contribution in [-0.2, 0) is 13.0 Å². The monoisotopic (exact) mass is 244 g/mol. The van der Waals surface area contributed by atoms with Crippen LogP contribution in [0.4, 0.5) is 0 Å². The molecule has 0 unspecified atom stereocenters. The topological polar surface area (TPSA) is 42.7 Å². The average molecular weight is 244 g/mol. The van der Waals surface area contributed by atoms with Crippen molar-refractivity contribution in [1.29, 1.82) is 0 Å². The van der Waals surface area contributed by atoms with Crippen molar-refractivity contribution in [2.24, 2.45) is 0 Å². The van der Waals surface area contributed by atoms with E-state index in [4.69, 9.17) is 0 Å². The zero-order valence-corrected chi connectivity index (χ0v) is 11.1. The minimum Gasteiger partial charge on any atom is -0.311 e. The lowest BCUT2D eigenvalue weighted by molar-refractivity contribution is 0.705. The second kappa shape index (κ2) is 6.31. The lowest BCUT2D eigenvalue weighted by atomic mass is 10.1. The fraction of sp³-hybridized carbons (Fsp3) is 0.429. The number of nitrogens with zero attached hydrogens (tertiary/aromatic N) is 3. The summed E-state index contributed by atoms with van der Waals surface area (Å²) in [5, 5.41) is 11.6. The van der Waals surface area contributed by atoms with Crippen molar-refractivity contribution in [2.75, 3.05) is 6.54 Å². The van der Waals surface area contributed by atoms with Gasteiger partial charge in [0.2, 0.25) is 0 Å². The molecule has 1 aromatic heterocycles. The van der Waals surface area contributed by atoms with E-state index < -0.39 is 0 Å². The maximum absolute atomic E-state index is 4.21. The third kappa shape index (κ3) is 2.96. The Morgan fingerprint density at radius 3 is 2.83 bits per heavy atom. The Morgan fingerprint density at radius 2 is 2.06 bits per heavy atom. The summed E-state index contributed by atoms with van der Waals surface area (Å²) in [6.07, 6.45) is 4.20. The molecule has 0 amide bonds. The van der Waals surface area contributed by atoms with E-state index in [1.165, 1.54) is 5.56 Å². The number of rotatable bonds is 6. The van der Waals surface area contributed by atoms with Gasteiger partial charge in [-0.05, 0) is 24.6 Å². The third-order valence-corrected chi connectivity index (χ3v) is 2.85. The normalized spacial score (nSPS) is 10.8. The first-order valence-corrected chi connectivity index (χ1v) is 6.55. The van der Waals surface area contributed by atoms with Crippen LogP contribution in [-0.4, -0.2) is 21.5 Å². The molecule has 0 bridgehead atoms. The highest BCUT2D eigenvalue weighted by atomic mass is 15.4. The molecular weight excluding hydrogens is 224 g/mol. The van der Waals surface area contributed by atoms with Crippen LogP contribution in [0.1, 0.15) is 31.5 Å². The fourth-order valence-corrected chi connectivity index (χ4v) is 1.97. The van der Waals surface area contributed by atoms with Crippen molar-refractivity contribution < 1.29 is 0 Å². The molecule has 96 valence electrons. The van der Waals surface area contributed by atoms with Crippen LogP contribution < -0.4 is 5.32 Å². The Hall–Kier alpha value is -1.68. The molecule has 0 saturated carbocycles. The average Bonchev–Trinajstić information content (AvgIpc) is 2.86.